The summed E-state index contributed by atoms with van der Waals surface area (Å²) in [5, 5.41) is 3.14. The first-order valence-corrected chi connectivity index (χ1v) is 8.38. The zero-order chi connectivity index (χ0) is 14.0. The molecule has 1 aromatic rings. The van der Waals surface area contributed by atoms with Crippen LogP contribution in [0.4, 0.5) is 5.69 Å². The van der Waals surface area contributed by atoms with Crippen molar-refractivity contribution in [2.45, 2.75) is 17.4 Å². The maximum Gasteiger partial charge on any atom is 0.242 e. The lowest BCUT2D eigenvalue weighted by Gasteiger charge is -2.17. The molecular weight excluding hydrogens is 366 g/mol. The predicted octanol–water partition coefficient (Wildman–Crippen LogP) is 1.58. The van der Waals surface area contributed by atoms with Crippen LogP contribution in [0.25, 0.3) is 0 Å². The predicted molar refractivity (Wildman–Crippen MR) is 87.3 cm³/mol. The van der Waals surface area contributed by atoms with Gasteiger partial charge in [0.15, 0.2) is 0 Å². The topological polar surface area (TPSA) is 61.4 Å². The summed E-state index contributed by atoms with van der Waals surface area (Å²) in [6.07, 6.45) is 0.824. The van der Waals surface area contributed by atoms with Gasteiger partial charge in [0.1, 0.15) is 0 Å². The number of nitrogens with zero attached hydrogens (tertiary/aromatic N) is 1. The molecule has 1 atom stereocenters. The van der Waals surface area contributed by atoms with Crippen LogP contribution in [-0.4, -0.2) is 41.6 Å². The van der Waals surface area contributed by atoms with Gasteiger partial charge in [-0.25, -0.2) is 13.1 Å². The molecular formula is C12H19BrClN3O2S. The van der Waals surface area contributed by atoms with Gasteiger partial charge in [-0.05, 0) is 47.1 Å². The Kier molecular flexibility index (Phi) is 6.27. The molecule has 0 saturated carbocycles. The van der Waals surface area contributed by atoms with Crippen LogP contribution < -0.4 is 14.9 Å². The molecule has 5 nitrogen and oxygen atoms in total. The van der Waals surface area contributed by atoms with E-state index >= 15 is 0 Å². The Bertz CT molecular complexity index is 560. The Morgan fingerprint density at radius 2 is 2.10 bits per heavy atom. The second-order valence-electron chi connectivity index (χ2n) is 4.82. The molecule has 1 saturated heterocycles. The maximum absolute atomic E-state index is 12.4. The van der Waals surface area contributed by atoms with Crippen LogP contribution in [0.15, 0.2) is 27.6 Å². The quantitative estimate of drug-likeness (QED) is 0.827. The number of benzene rings is 1. The molecule has 0 aromatic heterocycles. The van der Waals surface area contributed by atoms with Crippen molar-refractivity contribution in [1.29, 1.82) is 0 Å². The van der Waals surface area contributed by atoms with E-state index in [0.717, 1.165) is 18.7 Å². The number of nitrogens with one attached hydrogen (secondary N) is 2. The van der Waals surface area contributed by atoms with Gasteiger partial charge in [-0.2, -0.15) is 0 Å². The zero-order valence-corrected chi connectivity index (χ0v) is 14.6. The lowest BCUT2D eigenvalue weighted by atomic mass is 10.3. The fraction of sp³-hybridized carbons (Fsp3) is 0.500. The Hall–Kier alpha value is -0.340. The lowest BCUT2D eigenvalue weighted by molar-refractivity contribution is 0.559. The molecule has 8 heteroatoms. The highest BCUT2D eigenvalue weighted by Crippen LogP contribution is 2.26. The van der Waals surface area contributed by atoms with Gasteiger partial charge in [-0.15, -0.1) is 12.4 Å². The minimum absolute atomic E-state index is 0. The largest absolute Gasteiger partial charge is 0.378 e. The molecule has 0 bridgehead atoms. The first-order chi connectivity index (χ1) is 8.90. The first kappa shape index (κ1) is 17.7. The minimum atomic E-state index is -3.49. The standard InChI is InChI=1S/C12H18BrN3O2S.ClH/c1-16(2)10-3-4-11(13)12(7-10)19(17,18)15-9-5-6-14-8-9;/h3-4,7,9,14-15H,5-6,8H2,1-2H3;1H. The van der Waals surface area contributed by atoms with Crippen LogP contribution in [0.5, 0.6) is 0 Å². The number of rotatable bonds is 4. The van der Waals surface area contributed by atoms with E-state index in [2.05, 4.69) is 26.0 Å². The van der Waals surface area contributed by atoms with Crippen molar-refractivity contribution in [3.63, 3.8) is 0 Å². The highest BCUT2D eigenvalue weighted by molar-refractivity contribution is 9.10. The molecule has 1 aliphatic rings. The van der Waals surface area contributed by atoms with Crippen LogP contribution >= 0.6 is 28.3 Å². The van der Waals surface area contributed by atoms with Crippen molar-refractivity contribution in [3.8, 4) is 0 Å². The third-order valence-electron chi connectivity index (χ3n) is 3.10. The number of hydrogen-bond donors (Lipinski definition) is 2. The van der Waals surface area contributed by atoms with Crippen LogP contribution in [0.3, 0.4) is 0 Å². The molecule has 2 rings (SSSR count). The van der Waals surface area contributed by atoms with E-state index in [0.29, 0.717) is 11.0 Å². The van der Waals surface area contributed by atoms with Crippen molar-refractivity contribution in [3.05, 3.63) is 22.7 Å². The Labute approximate surface area is 134 Å². The summed E-state index contributed by atoms with van der Waals surface area (Å²) in [5.74, 6) is 0. The van der Waals surface area contributed by atoms with Gasteiger partial charge >= 0.3 is 0 Å². The third-order valence-corrected chi connectivity index (χ3v) is 5.62. The second kappa shape index (κ2) is 7.09. The van der Waals surface area contributed by atoms with E-state index in [1.54, 1.807) is 12.1 Å². The van der Waals surface area contributed by atoms with Gasteiger partial charge in [-0.1, -0.05) is 0 Å². The number of halogens is 2. The lowest BCUT2D eigenvalue weighted by Crippen LogP contribution is -2.36. The summed E-state index contributed by atoms with van der Waals surface area (Å²) in [4.78, 5) is 2.16. The first-order valence-electron chi connectivity index (χ1n) is 6.10. The van der Waals surface area contributed by atoms with Crippen LogP contribution in [0.2, 0.25) is 0 Å². The summed E-state index contributed by atoms with van der Waals surface area (Å²) >= 11 is 3.31. The average Bonchev–Trinajstić information content (AvgIpc) is 2.81. The molecule has 1 aliphatic heterocycles. The fourth-order valence-electron chi connectivity index (χ4n) is 2.01. The van der Waals surface area contributed by atoms with Gasteiger partial charge in [0, 0.05) is 36.8 Å². The number of hydrogen-bond acceptors (Lipinski definition) is 4. The third kappa shape index (κ3) is 4.08. The summed E-state index contributed by atoms with van der Waals surface area (Å²) in [6, 6.07) is 5.28. The van der Waals surface area contributed by atoms with Crippen molar-refractivity contribution >= 4 is 44.0 Å². The maximum atomic E-state index is 12.4. The Morgan fingerprint density at radius 1 is 1.40 bits per heavy atom. The van der Waals surface area contributed by atoms with Gasteiger partial charge in [0.05, 0.1) is 4.90 Å². The van der Waals surface area contributed by atoms with Gasteiger partial charge in [-0.3, -0.25) is 0 Å². The fourth-order valence-corrected chi connectivity index (χ4v) is 4.27. The Morgan fingerprint density at radius 3 is 2.65 bits per heavy atom. The summed E-state index contributed by atoms with van der Waals surface area (Å²) in [7, 11) is 0.272. The van der Waals surface area contributed by atoms with Crippen molar-refractivity contribution in [1.82, 2.24) is 10.0 Å². The van der Waals surface area contributed by atoms with Gasteiger partial charge in [0.25, 0.3) is 0 Å². The van der Waals surface area contributed by atoms with E-state index in [9.17, 15) is 8.42 Å². The summed E-state index contributed by atoms with van der Waals surface area (Å²) in [6.45, 7) is 1.54. The second-order valence-corrected chi connectivity index (χ2v) is 7.36. The van der Waals surface area contributed by atoms with E-state index in [-0.39, 0.29) is 23.3 Å². The highest BCUT2D eigenvalue weighted by Gasteiger charge is 2.24. The molecule has 1 aromatic carbocycles. The number of anilines is 1. The summed E-state index contributed by atoms with van der Waals surface area (Å²) < 4.78 is 28.1. The minimum Gasteiger partial charge on any atom is -0.378 e. The molecule has 1 fully saturated rings. The van der Waals surface area contributed by atoms with E-state index < -0.39 is 10.0 Å². The SMILES string of the molecule is CN(C)c1ccc(Br)c(S(=O)(=O)NC2CCNC2)c1.Cl. The molecule has 0 amide bonds. The van der Waals surface area contributed by atoms with Gasteiger partial charge < -0.3 is 10.2 Å². The monoisotopic (exact) mass is 383 g/mol. The molecule has 0 radical (unpaired) electrons. The van der Waals surface area contributed by atoms with E-state index in [1.165, 1.54) is 0 Å². The van der Waals surface area contributed by atoms with Gasteiger partial charge in [0.2, 0.25) is 10.0 Å². The molecule has 2 N–H and O–H groups in total. The average molecular weight is 385 g/mol. The van der Waals surface area contributed by atoms with Crippen molar-refractivity contribution < 1.29 is 8.42 Å². The molecule has 20 heavy (non-hydrogen) atoms. The molecule has 1 heterocycles. The van der Waals surface area contributed by atoms with Crippen molar-refractivity contribution in [2.24, 2.45) is 0 Å². The molecule has 0 aliphatic carbocycles. The van der Waals surface area contributed by atoms with Crippen LogP contribution in [0.1, 0.15) is 6.42 Å². The molecule has 114 valence electrons. The van der Waals surface area contributed by atoms with E-state index in [4.69, 9.17) is 0 Å². The molecule has 0 spiro atoms. The summed E-state index contributed by atoms with van der Waals surface area (Å²) in [5.41, 5.74) is 0.855. The van der Waals surface area contributed by atoms with Crippen LogP contribution in [0, 0.1) is 0 Å². The number of sulfonamides is 1. The highest BCUT2D eigenvalue weighted by atomic mass is 79.9. The molecule has 1 unspecified atom stereocenters. The van der Waals surface area contributed by atoms with Crippen LogP contribution in [-0.2, 0) is 10.0 Å². The van der Waals surface area contributed by atoms with Crippen molar-refractivity contribution in [2.75, 3.05) is 32.1 Å². The zero-order valence-electron chi connectivity index (χ0n) is 11.4. The Balaban J connectivity index is 0.00000200. The smallest absolute Gasteiger partial charge is 0.242 e. The van der Waals surface area contributed by atoms with E-state index in [1.807, 2.05) is 25.1 Å². The normalized spacial score (nSPS) is 18.6.